The maximum atomic E-state index is 10.6. The Kier molecular flexibility index (Phi) is 5.97. The van der Waals surface area contributed by atoms with Gasteiger partial charge < -0.3 is 10.2 Å². The third-order valence-electron chi connectivity index (χ3n) is 1.98. The minimum atomic E-state index is -4.03. The molecule has 0 amide bonds. The molecular formula is C8H14O7S. The van der Waals surface area contributed by atoms with Crippen molar-refractivity contribution >= 4 is 22.1 Å². The van der Waals surface area contributed by atoms with Gasteiger partial charge in [-0.05, 0) is 12.8 Å². The Balaban J connectivity index is 3.95. The summed E-state index contributed by atoms with van der Waals surface area (Å²) in [5.74, 6) is -3.87. The smallest absolute Gasteiger partial charge is 0.307 e. The molecule has 0 aromatic rings. The molecule has 0 aliphatic rings. The summed E-state index contributed by atoms with van der Waals surface area (Å²) in [6.45, 7) is 0. The zero-order valence-electron chi connectivity index (χ0n) is 8.50. The van der Waals surface area contributed by atoms with E-state index in [1.807, 2.05) is 0 Å². The highest BCUT2D eigenvalue weighted by atomic mass is 32.2. The molecule has 0 heterocycles. The first-order valence-electron chi connectivity index (χ1n) is 4.62. The first-order valence-corrected chi connectivity index (χ1v) is 6.23. The average Bonchev–Trinajstić information content (AvgIpc) is 2.07. The van der Waals surface area contributed by atoms with Crippen molar-refractivity contribution < 1.29 is 32.8 Å². The van der Waals surface area contributed by atoms with Crippen molar-refractivity contribution in [3.05, 3.63) is 0 Å². The van der Waals surface area contributed by atoms with E-state index >= 15 is 0 Å². The molecule has 0 spiro atoms. The lowest BCUT2D eigenvalue weighted by atomic mass is 9.99. The van der Waals surface area contributed by atoms with Crippen molar-refractivity contribution in [3.63, 3.8) is 0 Å². The summed E-state index contributed by atoms with van der Waals surface area (Å²) in [6, 6.07) is 0. The van der Waals surface area contributed by atoms with E-state index in [9.17, 15) is 18.0 Å². The van der Waals surface area contributed by atoms with Gasteiger partial charge in [0.2, 0.25) is 0 Å². The molecule has 0 aliphatic heterocycles. The molecule has 0 aromatic carbocycles. The van der Waals surface area contributed by atoms with Crippen LogP contribution in [0.5, 0.6) is 0 Å². The van der Waals surface area contributed by atoms with E-state index in [1.165, 1.54) is 0 Å². The Hall–Kier alpha value is -1.15. The predicted octanol–water partition coefficient (Wildman–Crippen LogP) is 0.220. The van der Waals surface area contributed by atoms with Gasteiger partial charge in [-0.25, -0.2) is 0 Å². The molecule has 7 nitrogen and oxygen atoms in total. The first-order chi connectivity index (χ1) is 7.22. The Labute approximate surface area is 92.8 Å². The second-order valence-corrected chi connectivity index (χ2v) is 4.99. The number of aliphatic carboxylic acids is 2. The van der Waals surface area contributed by atoms with Crippen LogP contribution >= 0.6 is 0 Å². The molecule has 0 bridgehead atoms. The zero-order chi connectivity index (χ0) is 12.8. The van der Waals surface area contributed by atoms with Gasteiger partial charge in [-0.2, -0.15) is 8.42 Å². The summed E-state index contributed by atoms with van der Waals surface area (Å²) in [6.07, 6.45) is -0.0510. The quantitative estimate of drug-likeness (QED) is 0.417. The highest BCUT2D eigenvalue weighted by Gasteiger charge is 2.20. The Morgan fingerprint density at radius 2 is 1.69 bits per heavy atom. The van der Waals surface area contributed by atoms with Gasteiger partial charge in [0.25, 0.3) is 10.1 Å². The molecule has 0 radical (unpaired) electrons. The van der Waals surface area contributed by atoms with Crippen molar-refractivity contribution in [1.29, 1.82) is 0 Å². The number of hydrogen-bond acceptors (Lipinski definition) is 4. The lowest BCUT2D eigenvalue weighted by Crippen LogP contribution is -2.18. The standard InChI is InChI=1S/C8H14O7S/c9-7(10)5-6(8(11)12)3-1-2-4-16(13,14)15/h6H,1-5H2,(H,9,10)(H,11,12)(H,13,14,15). The Morgan fingerprint density at radius 3 is 2.06 bits per heavy atom. The van der Waals surface area contributed by atoms with Crippen LogP contribution in [-0.2, 0) is 19.7 Å². The number of carboxylic acids is 2. The predicted molar refractivity (Wildman–Crippen MR) is 53.6 cm³/mol. The normalized spacial score (nSPS) is 13.3. The number of carboxylic acid groups (broad SMARTS) is 2. The monoisotopic (exact) mass is 254 g/mol. The molecule has 0 aromatic heterocycles. The van der Waals surface area contributed by atoms with Crippen molar-refractivity contribution in [1.82, 2.24) is 0 Å². The molecule has 0 rings (SSSR count). The molecule has 0 fully saturated rings. The van der Waals surface area contributed by atoms with Gasteiger partial charge in [0.15, 0.2) is 0 Å². The van der Waals surface area contributed by atoms with Gasteiger partial charge in [0.1, 0.15) is 0 Å². The van der Waals surface area contributed by atoms with E-state index in [4.69, 9.17) is 14.8 Å². The summed E-state index contributed by atoms with van der Waals surface area (Å²) in [4.78, 5) is 20.9. The van der Waals surface area contributed by atoms with Gasteiger partial charge in [-0.3, -0.25) is 14.1 Å². The van der Waals surface area contributed by atoms with Crippen LogP contribution in [0.2, 0.25) is 0 Å². The minimum Gasteiger partial charge on any atom is -0.481 e. The van der Waals surface area contributed by atoms with Crippen LogP contribution in [0, 0.1) is 5.92 Å². The lowest BCUT2D eigenvalue weighted by Gasteiger charge is -2.08. The Bertz CT molecular complexity index is 345. The van der Waals surface area contributed by atoms with Gasteiger partial charge in [0, 0.05) is 0 Å². The Morgan fingerprint density at radius 1 is 1.12 bits per heavy atom. The third-order valence-corrected chi connectivity index (χ3v) is 2.78. The van der Waals surface area contributed by atoms with Gasteiger partial charge in [-0.15, -0.1) is 0 Å². The summed E-state index contributed by atoms with van der Waals surface area (Å²) in [7, 11) is -4.03. The van der Waals surface area contributed by atoms with E-state index in [2.05, 4.69) is 0 Å². The number of unbranched alkanes of at least 4 members (excludes halogenated alkanes) is 1. The second-order valence-electron chi connectivity index (χ2n) is 3.41. The van der Waals surface area contributed by atoms with E-state index in [-0.39, 0.29) is 19.3 Å². The van der Waals surface area contributed by atoms with Crippen LogP contribution in [0.1, 0.15) is 25.7 Å². The van der Waals surface area contributed by atoms with Crippen LogP contribution in [0.15, 0.2) is 0 Å². The van der Waals surface area contributed by atoms with Crippen LogP contribution in [0.4, 0.5) is 0 Å². The summed E-state index contributed by atoms with van der Waals surface area (Å²) in [5, 5.41) is 17.1. The molecule has 0 saturated heterocycles. The van der Waals surface area contributed by atoms with Gasteiger partial charge >= 0.3 is 11.9 Å². The second kappa shape index (κ2) is 6.44. The molecule has 0 aliphatic carbocycles. The highest BCUT2D eigenvalue weighted by molar-refractivity contribution is 7.85. The van der Waals surface area contributed by atoms with Crippen molar-refractivity contribution in [2.75, 3.05) is 5.75 Å². The molecule has 1 atom stereocenters. The van der Waals surface area contributed by atoms with Gasteiger partial charge in [-0.1, -0.05) is 6.42 Å². The van der Waals surface area contributed by atoms with Crippen molar-refractivity contribution in [2.24, 2.45) is 5.92 Å². The van der Waals surface area contributed by atoms with E-state index < -0.39 is 40.1 Å². The molecule has 3 N–H and O–H groups in total. The van der Waals surface area contributed by atoms with Crippen LogP contribution < -0.4 is 0 Å². The maximum absolute atomic E-state index is 10.6. The van der Waals surface area contributed by atoms with E-state index in [1.54, 1.807) is 0 Å². The molecule has 1 unspecified atom stereocenters. The van der Waals surface area contributed by atoms with Crippen molar-refractivity contribution in [3.8, 4) is 0 Å². The number of carbonyl (C=O) groups is 2. The summed E-state index contributed by atoms with van der Waals surface area (Å²) < 4.78 is 29.1. The topological polar surface area (TPSA) is 129 Å². The fraction of sp³-hybridized carbons (Fsp3) is 0.750. The van der Waals surface area contributed by atoms with E-state index in [0.717, 1.165) is 0 Å². The van der Waals surface area contributed by atoms with Crippen LogP contribution in [-0.4, -0.2) is 40.9 Å². The molecule has 0 saturated carbocycles. The SMILES string of the molecule is O=C(O)CC(CCCCS(=O)(=O)O)C(=O)O. The van der Waals surface area contributed by atoms with Crippen LogP contribution in [0.25, 0.3) is 0 Å². The zero-order valence-corrected chi connectivity index (χ0v) is 9.31. The minimum absolute atomic E-state index is 0.0805. The average molecular weight is 254 g/mol. The summed E-state index contributed by atoms with van der Waals surface area (Å²) >= 11 is 0. The first kappa shape index (κ1) is 14.8. The molecule has 16 heavy (non-hydrogen) atoms. The van der Waals surface area contributed by atoms with Gasteiger partial charge in [0.05, 0.1) is 18.1 Å². The fourth-order valence-electron chi connectivity index (χ4n) is 1.20. The fourth-order valence-corrected chi connectivity index (χ4v) is 1.77. The molecule has 94 valence electrons. The largest absolute Gasteiger partial charge is 0.481 e. The highest BCUT2D eigenvalue weighted by Crippen LogP contribution is 2.13. The maximum Gasteiger partial charge on any atom is 0.307 e. The molecule has 8 heteroatoms. The third kappa shape index (κ3) is 8.18. The lowest BCUT2D eigenvalue weighted by molar-refractivity contribution is -0.148. The summed E-state index contributed by atoms with van der Waals surface area (Å²) in [5.41, 5.74) is 0. The molecular weight excluding hydrogens is 240 g/mol. The van der Waals surface area contributed by atoms with Crippen LogP contribution in [0.3, 0.4) is 0 Å². The van der Waals surface area contributed by atoms with Crippen molar-refractivity contribution in [2.45, 2.75) is 25.7 Å². The number of hydrogen-bond donors (Lipinski definition) is 3. The van der Waals surface area contributed by atoms with E-state index in [0.29, 0.717) is 0 Å². The number of rotatable bonds is 8.